The highest BCUT2D eigenvalue weighted by Gasteiger charge is 2.40. The van der Waals surface area contributed by atoms with Gasteiger partial charge in [-0.05, 0) is 26.2 Å². The Morgan fingerprint density at radius 3 is 2.04 bits per heavy atom. The summed E-state index contributed by atoms with van der Waals surface area (Å²) in [6.07, 6.45) is 5.68. The number of nitrogens with zero attached hydrogens (tertiary/aromatic N) is 4. The van der Waals surface area contributed by atoms with Crippen LogP contribution in [0.15, 0.2) is 6.07 Å². The Hall–Kier alpha value is -1.40. The lowest BCUT2D eigenvalue weighted by Crippen LogP contribution is -2.45. The molecule has 0 atom stereocenters. The van der Waals surface area contributed by atoms with E-state index in [9.17, 15) is 0 Å². The van der Waals surface area contributed by atoms with Crippen LogP contribution in [0.3, 0.4) is 0 Å². The Bertz CT molecular complexity index is 544. The van der Waals surface area contributed by atoms with Gasteiger partial charge in [0.1, 0.15) is 17.5 Å². The monoisotopic (exact) mass is 318 g/mol. The van der Waals surface area contributed by atoms with Crippen LogP contribution in [-0.4, -0.2) is 55.1 Å². The fourth-order valence-corrected chi connectivity index (χ4v) is 3.85. The van der Waals surface area contributed by atoms with Crippen LogP contribution in [-0.2, 0) is 9.47 Å². The number of rotatable bonds is 2. The Kier molecular flexibility index (Phi) is 4.11. The van der Waals surface area contributed by atoms with E-state index >= 15 is 0 Å². The molecule has 0 unspecified atom stereocenters. The highest BCUT2D eigenvalue weighted by atomic mass is 16.7. The number of hydrogen-bond donors (Lipinski definition) is 0. The molecule has 1 spiro atoms. The first kappa shape index (κ1) is 15.1. The van der Waals surface area contributed by atoms with Gasteiger partial charge in [-0.25, -0.2) is 9.97 Å². The zero-order chi connectivity index (χ0) is 15.7. The van der Waals surface area contributed by atoms with Crippen LogP contribution in [0.2, 0.25) is 0 Å². The summed E-state index contributed by atoms with van der Waals surface area (Å²) in [6.45, 7) is 7.52. The summed E-state index contributed by atoms with van der Waals surface area (Å²) in [5.74, 6) is 2.66. The average molecular weight is 318 g/mol. The predicted octanol–water partition coefficient (Wildman–Crippen LogP) is 2.12. The van der Waals surface area contributed by atoms with E-state index in [1.54, 1.807) is 0 Å². The molecule has 0 aliphatic carbocycles. The fraction of sp³-hybridized carbons (Fsp3) is 0.765. The molecular weight excluding hydrogens is 292 g/mol. The number of hydrogen-bond acceptors (Lipinski definition) is 6. The van der Waals surface area contributed by atoms with E-state index in [0.717, 1.165) is 69.7 Å². The van der Waals surface area contributed by atoms with Crippen molar-refractivity contribution in [2.75, 3.05) is 49.2 Å². The lowest BCUT2D eigenvalue weighted by atomic mass is 10.0. The van der Waals surface area contributed by atoms with E-state index in [4.69, 9.17) is 9.47 Å². The molecule has 0 amide bonds. The maximum atomic E-state index is 5.82. The van der Waals surface area contributed by atoms with Crippen LogP contribution in [0.5, 0.6) is 0 Å². The Morgan fingerprint density at radius 1 is 0.870 bits per heavy atom. The first-order valence-electron chi connectivity index (χ1n) is 8.88. The second-order valence-electron chi connectivity index (χ2n) is 6.77. The van der Waals surface area contributed by atoms with Crippen molar-refractivity contribution in [3.05, 3.63) is 11.9 Å². The largest absolute Gasteiger partial charge is 0.356 e. The summed E-state index contributed by atoms with van der Waals surface area (Å²) >= 11 is 0. The van der Waals surface area contributed by atoms with Gasteiger partial charge in [-0.2, -0.15) is 0 Å². The summed E-state index contributed by atoms with van der Waals surface area (Å²) < 4.78 is 11.6. The molecule has 0 bridgehead atoms. The predicted molar refractivity (Wildman–Crippen MR) is 88.9 cm³/mol. The molecule has 6 nitrogen and oxygen atoms in total. The van der Waals surface area contributed by atoms with Crippen molar-refractivity contribution in [2.24, 2.45) is 0 Å². The van der Waals surface area contributed by atoms with Crippen molar-refractivity contribution in [2.45, 2.75) is 44.8 Å². The van der Waals surface area contributed by atoms with Crippen molar-refractivity contribution in [1.82, 2.24) is 9.97 Å². The van der Waals surface area contributed by atoms with Crippen molar-refractivity contribution in [3.63, 3.8) is 0 Å². The standard InChI is InChI=1S/C17H26N4O2/c1-14-18-15(20-7-3-2-4-8-20)13-16(19-14)21-9-5-17(6-10-21)22-11-12-23-17/h13H,2-12H2,1H3. The topological polar surface area (TPSA) is 50.7 Å². The summed E-state index contributed by atoms with van der Waals surface area (Å²) in [5, 5.41) is 0. The smallest absolute Gasteiger partial charge is 0.171 e. The van der Waals surface area contributed by atoms with Crippen LogP contribution < -0.4 is 9.80 Å². The lowest BCUT2D eigenvalue weighted by Gasteiger charge is -2.38. The van der Waals surface area contributed by atoms with E-state index in [0.29, 0.717) is 0 Å². The molecular formula is C17H26N4O2. The van der Waals surface area contributed by atoms with Crippen LogP contribution in [0, 0.1) is 6.92 Å². The van der Waals surface area contributed by atoms with Crippen molar-refractivity contribution in [3.8, 4) is 0 Å². The molecule has 3 fully saturated rings. The minimum atomic E-state index is -0.325. The quantitative estimate of drug-likeness (QED) is 0.832. The molecule has 126 valence electrons. The minimum Gasteiger partial charge on any atom is -0.356 e. The number of aryl methyl sites for hydroxylation is 1. The second-order valence-corrected chi connectivity index (χ2v) is 6.77. The molecule has 4 rings (SSSR count). The van der Waals surface area contributed by atoms with Gasteiger partial charge >= 0.3 is 0 Å². The average Bonchev–Trinajstić information content (AvgIpc) is 3.04. The first-order valence-corrected chi connectivity index (χ1v) is 8.88. The van der Waals surface area contributed by atoms with E-state index in [-0.39, 0.29) is 5.79 Å². The summed E-state index contributed by atoms with van der Waals surface area (Å²) in [4.78, 5) is 14.1. The van der Waals surface area contributed by atoms with Gasteiger partial charge in [0.15, 0.2) is 5.79 Å². The van der Waals surface area contributed by atoms with Crippen LogP contribution in [0.1, 0.15) is 37.9 Å². The van der Waals surface area contributed by atoms with E-state index < -0.39 is 0 Å². The SMILES string of the molecule is Cc1nc(N2CCCCC2)cc(N2CCC3(CC2)OCCO3)n1. The number of anilines is 2. The van der Waals surface area contributed by atoms with Gasteiger partial charge < -0.3 is 19.3 Å². The number of piperidine rings is 2. The molecule has 0 radical (unpaired) electrons. The molecule has 3 saturated heterocycles. The fourth-order valence-electron chi connectivity index (χ4n) is 3.85. The third-order valence-corrected chi connectivity index (χ3v) is 5.15. The Morgan fingerprint density at radius 2 is 1.43 bits per heavy atom. The molecule has 3 aliphatic rings. The van der Waals surface area contributed by atoms with Crippen LogP contribution in [0.4, 0.5) is 11.6 Å². The molecule has 23 heavy (non-hydrogen) atoms. The third kappa shape index (κ3) is 3.15. The summed E-state index contributed by atoms with van der Waals surface area (Å²) in [6, 6.07) is 2.16. The maximum Gasteiger partial charge on any atom is 0.171 e. The lowest BCUT2D eigenvalue weighted by molar-refractivity contribution is -0.169. The summed E-state index contributed by atoms with van der Waals surface area (Å²) in [5.41, 5.74) is 0. The van der Waals surface area contributed by atoms with Crippen molar-refractivity contribution >= 4 is 11.6 Å². The third-order valence-electron chi connectivity index (χ3n) is 5.15. The van der Waals surface area contributed by atoms with Crippen molar-refractivity contribution < 1.29 is 9.47 Å². The zero-order valence-corrected chi connectivity index (χ0v) is 14.0. The maximum absolute atomic E-state index is 5.82. The molecule has 4 heterocycles. The summed E-state index contributed by atoms with van der Waals surface area (Å²) in [7, 11) is 0. The van der Waals surface area contributed by atoms with Gasteiger partial charge in [-0.3, -0.25) is 0 Å². The minimum absolute atomic E-state index is 0.325. The molecule has 1 aromatic heterocycles. The highest BCUT2D eigenvalue weighted by molar-refractivity contribution is 5.51. The number of aromatic nitrogens is 2. The molecule has 0 aromatic carbocycles. The highest BCUT2D eigenvalue weighted by Crippen LogP contribution is 2.33. The normalized spacial score (nSPS) is 24.4. The van der Waals surface area contributed by atoms with E-state index in [2.05, 4.69) is 25.8 Å². The van der Waals surface area contributed by atoms with Gasteiger partial charge in [0.25, 0.3) is 0 Å². The van der Waals surface area contributed by atoms with Crippen molar-refractivity contribution in [1.29, 1.82) is 0 Å². The number of ether oxygens (including phenoxy) is 2. The Labute approximate surface area is 137 Å². The first-order chi connectivity index (χ1) is 11.2. The van der Waals surface area contributed by atoms with Crippen LogP contribution in [0.25, 0.3) is 0 Å². The molecule has 0 saturated carbocycles. The van der Waals surface area contributed by atoms with Gasteiger partial charge in [-0.1, -0.05) is 0 Å². The molecule has 0 N–H and O–H groups in total. The van der Waals surface area contributed by atoms with Crippen LogP contribution >= 0.6 is 0 Å². The van der Waals surface area contributed by atoms with Gasteiger partial charge in [0, 0.05) is 45.1 Å². The molecule has 6 heteroatoms. The van der Waals surface area contributed by atoms with Gasteiger partial charge in [0.05, 0.1) is 13.2 Å². The van der Waals surface area contributed by atoms with Gasteiger partial charge in [-0.15, -0.1) is 0 Å². The molecule has 1 aromatic rings. The van der Waals surface area contributed by atoms with Gasteiger partial charge in [0.2, 0.25) is 0 Å². The van der Waals surface area contributed by atoms with E-state index in [1.807, 2.05) is 6.92 Å². The second kappa shape index (κ2) is 6.24. The Balaban J connectivity index is 1.49. The zero-order valence-electron chi connectivity index (χ0n) is 14.0. The molecule has 3 aliphatic heterocycles. The van der Waals surface area contributed by atoms with E-state index in [1.165, 1.54) is 19.3 Å².